The summed E-state index contributed by atoms with van der Waals surface area (Å²) in [5, 5.41) is 0. The second kappa shape index (κ2) is 8.39. The van der Waals surface area contributed by atoms with Crippen molar-refractivity contribution in [3.63, 3.8) is 0 Å². The summed E-state index contributed by atoms with van der Waals surface area (Å²) >= 11 is 1.96. The van der Waals surface area contributed by atoms with E-state index in [1.807, 2.05) is 11.8 Å². The Labute approximate surface area is 112 Å². The van der Waals surface area contributed by atoms with Gasteiger partial charge in [-0.25, -0.2) is 0 Å². The van der Waals surface area contributed by atoms with Crippen LogP contribution in [0.4, 0.5) is 0 Å². The van der Waals surface area contributed by atoms with Crippen LogP contribution in [-0.4, -0.2) is 43.1 Å². The van der Waals surface area contributed by atoms with Crippen molar-refractivity contribution in [1.82, 2.24) is 4.90 Å². The average molecular weight is 258 g/mol. The molecule has 102 valence electrons. The molecule has 3 heteroatoms. The Kier molecular flexibility index (Phi) is 7.56. The Morgan fingerprint density at radius 3 is 2.47 bits per heavy atom. The molecule has 1 rings (SSSR count). The van der Waals surface area contributed by atoms with Crippen LogP contribution in [0.3, 0.4) is 0 Å². The molecule has 1 aliphatic rings. The summed E-state index contributed by atoms with van der Waals surface area (Å²) in [7, 11) is 2.30. The molecular formula is C14H30N2S. The van der Waals surface area contributed by atoms with Gasteiger partial charge in [0.25, 0.3) is 0 Å². The van der Waals surface area contributed by atoms with Crippen LogP contribution in [0.15, 0.2) is 0 Å². The normalized spacial score (nSPS) is 27.4. The summed E-state index contributed by atoms with van der Waals surface area (Å²) in [4.78, 5) is 2.58. The van der Waals surface area contributed by atoms with E-state index in [0.29, 0.717) is 0 Å². The zero-order valence-corrected chi connectivity index (χ0v) is 12.6. The van der Waals surface area contributed by atoms with Crippen LogP contribution < -0.4 is 5.73 Å². The van der Waals surface area contributed by atoms with Gasteiger partial charge in [-0.2, -0.15) is 11.8 Å². The van der Waals surface area contributed by atoms with Gasteiger partial charge in [-0.1, -0.05) is 19.8 Å². The van der Waals surface area contributed by atoms with E-state index in [2.05, 4.69) is 25.1 Å². The zero-order valence-electron chi connectivity index (χ0n) is 11.8. The van der Waals surface area contributed by atoms with E-state index < -0.39 is 0 Å². The smallest absolute Gasteiger partial charge is 0.0180 e. The number of hydrogen-bond acceptors (Lipinski definition) is 3. The first-order valence-corrected chi connectivity index (χ1v) is 8.51. The minimum atomic E-state index is 0.741. The third-order valence-electron chi connectivity index (χ3n) is 4.35. The molecule has 2 N–H and O–H groups in total. The monoisotopic (exact) mass is 258 g/mol. The van der Waals surface area contributed by atoms with Gasteiger partial charge in [-0.05, 0) is 50.9 Å². The number of nitrogens with zero attached hydrogens (tertiary/aromatic N) is 1. The quantitative estimate of drug-likeness (QED) is 0.761. The minimum absolute atomic E-state index is 0.741. The first-order valence-electron chi connectivity index (χ1n) is 7.12. The lowest BCUT2D eigenvalue weighted by Crippen LogP contribution is -2.41. The Bertz CT molecular complexity index is 199. The fourth-order valence-electron chi connectivity index (χ4n) is 3.10. The maximum Gasteiger partial charge on any atom is 0.0180 e. The topological polar surface area (TPSA) is 29.3 Å². The van der Waals surface area contributed by atoms with Gasteiger partial charge in [0, 0.05) is 18.3 Å². The van der Waals surface area contributed by atoms with Crippen molar-refractivity contribution in [3.8, 4) is 0 Å². The molecule has 0 aliphatic heterocycles. The molecule has 1 aliphatic carbocycles. The third kappa shape index (κ3) is 4.80. The molecule has 0 radical (unpaired) electrons. The highest BCUT2D eigenvalue weighted by molar-refractivity contribution is 7.98. The summed E-state index contributed by atoms with van der Waals surface area (Å²) in [6.07, 6.45) is 9.02. The van der Waals surface area contributed by atoms with E-state index in [1.54, 1.807) is 0 Å². The third-order valence-corrected chi connectivity index (χ3v) is 5.06. The molecule has 3 unspecified atom stereocenters. The molecule has 0 aromatic heterocycles. The molecule has 0 saturated heterocycles. The fraction of sp³-hybridized carbons (Fsp3) is 1.00. The average Bonchev–Trinajstić information content (AvgIpc) is 2.36. The number of thioether (sulfide) groups is 1. The van der Waals surface area contributed by atoms with Crippen molar-refractivity contribution >= 4 is 11.8 Å². The molecule has 0 spiro atoms. The number of rotatable bonds is 7. The van der Waals surface area contributed by atoms with E-state index in [1.165, 1.54) is 44.4 Å². The van der Waals surface area contributed by atoms with Crippen LogP contribution in [0.5, 0.6) is 0 Å². The maximum absolute atomic E-state index is 5.91. The number of nitrogens with two attached hydrogens (primary N) is 1. The van der Waals surface area contributed by atoms with Gasteiger partial charge >= 0.3 is 0 Å². The first kappa shape index (κ1) is 15.3. The summed E-state index contributed by atoms with van der Waals surface area (Å²) in [6.45, 7) is 4.44. The Morgan fingerprint density at radius 2 is 1.94 bits per heavy atom. The molecule has 0 amide bonds. The van der Waals surface area contributed by atoms with Crippen LogP contribution in [0.25, 0.3) is 0 Å². The molecule has 1 fully saturated rings. The van der Waals surface area contributed by atoms with Gasteiger partial charge in [-0.15, -0.1) is 0 Å². The summed E-state index contributed by atoms with van der Waals surface area (Å²) in [5.41, 5.74) is 5.91. The van der Waals surface area contributed by atoms with Crippen LogP contribution in [-0.2, 0) is 0 Å². The molecule has 1 saturated carbocycles. The predicted molar refractivity (Wildman–Crippen MR) is 79.6 cm³/mol. The second-order valence-electron chi connectivity index (χ2n) is 5.50. The summed E-state index contributed by atoms with van der Waals surface area (Å²) in [6, 6.07) is 0.741. The molecule has 0 heterocycles. The maximum atomic E-state index is 5.91. The van der Waals surface area contributed by atoms with E-state index >= 15 is 0 Å². The molecule has 0 bridgehead atoms. The molecule has 17 heavy (non-hydrogen) atoms. The Balaban J connectivity index is 2.44. The molecule has 0 aromatic rings. The second-order valence-corrected chi connectivity index (χ2v) is 6.41. The molecule has 0 aromatic carbocycles. The standard InChI is InChI=1S/C14H30N2S/c1-4-14(11-17-3)16(2)10-13-8-6-5-7-12(13)9-15/h12-14H,4-11,15H2,1-3H3. The minimum Gasteiger partial charge on any atom is -0.330 e. The van der Waals surface area contributed by atoms with E-state index in [9.17, 15) is 0 Å². The van der Waals surface area contributed by atoms with Crippen molar-refractivity contribution in [2.45, 2.75) is 45.1 Å². The predicted octanol–water partition coefficient (Wildman–Crippen LogP) is 2.82. The van der Waals surface area contributed by atoms with Crippen molar-refractivity contribution in [2.75, 3.05) is 32.1 Å². The van der Waals surface area contributed by atoms with Crippen molar-refractivity contribution in [2.24, 2.45) is 17.6 Å². The van der Waals surface area contributed by atoms with Gasteiger partial charge < -0.3 is 10.6 Å². The SMILES string of the molecule is CCC(CSC)N(C)CC1CCCCC1CN. The highest BCUT2D eigenvalue weighted by Crippen LogP contribution is 2.30. The van der Waals surface area contributed by atoms with Gasteiger partial charge in [0.1, 0.15) is 0 Å². The van der Waals surface area contributed by atoms with E-state index in [0.717, 1.165) is 24.4 Å². The molecule has 3 atom stereocenters. The Hall–Kier alpha value is 0.270. The lowest BCUT2D eigenvalue weighted by molar-refractivity contribution is 0.148. The van der Waals surface area contributed by atoms with Crippen LogP contribution in [0.2, 0.25) is 0 Å². The lowest BCUT2D eigenvalue weighted by Gasteiger charge is -2.36. The van der Waals surface area contributed by atoms with Crippen molar-refractivity contribution in [3.05, 3.63) is 0 Å². The van der Waals surface area contributed by atoms with Gasteiger partial charge in [0.15, 0.2) is 0 Å². The van der Waals surface area contributed by atoms with Crippen LogP contribution >= 0.6 is 11.8 Å². The number of hydrogen-bond donors (Lipinski definition) is 1. The van der Waals surface area contributed by atoms with Gasteiger partial charge in [0.05, 0.1) is 0 Å². The largest absolute Gasteiger partial charge is 0.330 e. The van der Waals surface area contributed by atoms with Gasteiger partial charge in [-0.3, -0.25) is 0 Å². The van der Waals surface area contributed by atoms with E-state index in [-0.39, 0.29) is 0 Å². The van der Waals surface area contributed by atoms with E-state index in [4.69, 9.17) is 5.73 Å². The molecular weight excluding hydrogens is 228 g/mol. The van der Waals surface area contributed by atoms with Crippen molar-refractivity contribution < 1.29 is 0 Å². The Morgan fingerprint density at radius 1 is 1.29 bits per heavy atom. The van der Waals surface area contributed by atoms with Crippen molar-refractivity contribution in [1.29, 1.82) is 0 Å². The highest BCUT2D eigenvalue weighted by atomic mass is 32.2. The fourth-order valence-corrected chi connectivity index (χ4v) is 3.98. The molecule has 2 nitrogen and oxygen atoms in total. The lowest BCUT2D eigenvalue weighted by atomic mass is 9.79. The summed E-state index contributed by atoms with van der Waals surface area (Å²) in [5.74, 6) is 2.88. The van der Waals surface area contributed by atoms with Crippen LogP contribution in [0.1, 0.15) is 39.0 Å². The van der Waals surface area contributed by atoms with Crippen LogP contribution in [0, 0.1) is 11.8 Å². The first-order chi connectivity index (χ1) is 8.22. The highest BCUT2D eigenvalue weighted by Gasteiger charge is 2.26. The zero-order chi connectivity index (χ0) is 12.7. The van der Waals surface area contributed by atoms with Gasteiger partial charge in [0.2, 0.25) is 0 Å². The summed E-state index contributed by atoms with van der Waals surface area (Å²) < 4.78 is 0.